The Bertz CT molecular complexity index is 1030. The van der Waals surface area contributed by atoms with Crippen molar-refractivity contribution in [2.45, 2.75) is 93.5 Å². The van der Waals surface area contributed by atoms with Crippen LogP contribution >= 0.6 is 0 Å². The number of rotatable bonds is 5. The van der Waals surface area contributed by atoms with Crippen molar-refractivity contribution in [3.8, 4) is 0 Å². The van der Waals surface area contributed by atoms with Gasteiger partial charge in [-0.25, -0.2) is 0 Å². The number of amides is 1. The molecule has 0 spiro atoms. The van der Waals surface area contributed by atoms with Crippen molar-refractivity contribution in [2.75, 3.05) is 0 Å². The minimum absolute atomic E-state index is 0.141. The predicted octanol–water partition coefficient (Wildman–Crippen LogP) is 6.54. The molecule has 6 rings (SSSR count). The average molecular weight is 554 g/mol. The number of nitrogens with one attached hydrogen (secondary N) is 1. The maximum atomic E-state index is 14.5. The number of allylic oxidation sites excluding steroid dienone is 4. The number of carbonyl (C=O) groups excluding carboxylic acids is 1. The van der Waals surface area contributed by atoms with Crippen molar-refractivity contribution in [3.63, 3.8) is 0 Å². The quantitative estimate of drug-likeness (QED) is 0.412. The fourth-order valence-corrected chi connectivity index (χ4v) is 28.9. The van der Waals surface area contributed by atoms with Crippen LogP contribution in [0, 0.1) is 27.6 Å². The van der Waals surface area contributed by atoms with E-state index in [0.29, 0.717) is 28.1 Å². The standard InChI is InChI=1S/C14H23NO.C9H13.C7H9Si.Zr/c1-11-4-12(2)6-13(3,5-11)9-14(7-11,8-12)10(15)16;1-6-5-7(2)9(4)8(6)3;1-8-7-5-3-2-4-6-7;/h4-9H2,1-3H3,(H2,15,16);6H,1-4H3;2-6,8H,1H3;/q;;;+1/p-1. The zero-order valence-corrected chi connectivity index (χ0v) is 26.3. The molecule has 5 aliphatic rings. The van der Waals surface area contributed by atoms with Gasteiger partial charge in [0, 0.05) is 0 Å². The second kappa shape index (κ2) is 8.14. The summed E-state index contributed by atoms with van der Waals surface area (Å²) >= 11 is -2.45. The van der Waals surface area contributed by atoms with Gasteiger partial charge in [0.15, 0.2) is 0 Å². The Morgan fingerprint density at radius 1 is 0.882 bits per heavy atom. The van der Waals surface area contributed by atoms with Crippen LogP contribution in [0.5, 0.6) is 0 Å². The molecule has 34 heavy (non-hydrogen) atoms. The zero-order chi connectivity index (χ0) is 24.7. The first-order valence-electron chi connectivity index (χ1n) is 13.4. The first kappa shape index (κ1) is 24.9. The molecule has 2 atom stereocenters. The van der Waals surface area contributed by atoms with Crippen LogP contribution in [0.2, 0.25) is 6.55 Å². The summed E-state index contributed by atoms with van der Waals surface area (Å²) in [5.41, 5.74) is 5.39. The van der Waals surface area contributed by atoms with Gasteiger partial charge in [-0.1, -0.05) is 0 Å². The topological polar surface area (TPSA) is 29.1 Å². The summed E-state index contributed by atoms with van der Waals surface area (Å²) in [6.45, 7) is 19.4. The van der Waals surface area contributed by atoms with Crippen LogP contribution in [-0.2, 0) is 26.0 Å². The first-order chi connectivity index (χ1) is 15.8. The van der Waals surface area contributed by atoms with Gasteiger partial charge in [0.05, 0.1) is 0 Å². The number of hydrogen-bond acceptors (Lipinski definition) is 1. The number of carbonyl (C=O) groups is 1. The van der Waals surface area contributed by atoms with Crippen molar-refractivity contribution in [1.82, 2.24) is 3.26 Å². The zero-order valence-electron chi connectivity index (χ0n) is 22.7. The molecule has 2 unspecified atom stereocenters. The van der Waals surface area contributed by atoms with E-state index in [1.165, 1.54) is 41.2 Å². The third-order valence-electron chi connectivity index (χ3n) is 10.2. The first-order valence-corrected chi connectivity index (χ1v) is 22.4. The van der Waals surface area contributed by atoms with Crippen molar-refractivity contribution in [3.05, 3.63) is 50.3 Å². The second-order valence-electron chi connectivity index (χ2n) is 13.8. The van der Waals surface area contributed by atoms with Gasteiger partial charge in [0.25, 0.3) is 0 Å². The van der Waals surface area contributed by atoms with Gasteiger partial charge in [-0.15, -0.1) is 0 Å². The fourth-order valence-electron chi connectivity index (χ4n) is 9.90. The maximum absolute atomic E-state index is 14.5. The molecular formula is C30H44NOSiZr. The van der Waals surface area contributed by atoms with E-state index < -0.39 is 27.1 Å². The van der Waals surface area contributed by atoms with Crippen molar-refractivity contribution in [2.24, 2.45) is 27.6 Å². The molecule has 0 saturated heterocycles. The summed E-state index contributed by atoms with van der Waals surface area (Å²) in [7, 11) is 0. The second-order valence-corrected chi connectivity index (χ2v) is 29.7. The summed E-state index contributed by atoms with van der Waals surface area (Å²) in [4.78, 5) is 14.5. The molecule has 4 heteroatoms. The fraction of sp³-hybridized carbons (Fsp3) is 0.633. The Kier molecular flexibility index (Phi) is 5.97. The van der Waals surface area contributed by atoms with Crippen LogP contribution in [0.15, 0.2) is 50.3 Å². The molecule has 5 aliphatic carbocycles. The van der Waals surface area contributed by atoms with E-state index in [0.717, 1.165) is 19.3 Å². The van der Waals surface area contributed by atoms with E-state index in [4.69, 9.17) is 0 Å². The summed E-state index contributed by atoms with van der Waals surface area (Å²) in [5.74, 6) is -0.335. The summed E-state index contributed by atoms with van der Waals surface area (Å²) in [6, 6.07) is 11.2. The van der Waals surface area contributed by atoms with E-state index in [-0.39, 0.29) is 5.41 Å². The van der Waals surface area contributed by atoms with Gasteiger partial charge in [-0.05, 0) is 0 Å². The molecule has 0 heterocycles. The van der Waals surface area contributed by atoms with Crippen LogP contribution in [0.3, 0.4) is 0 Å². The Hall–Kier alpha value is -0.730. The van der Waals surface area contributed by atoms with E-state index in [9.17, 15) is 4.79 Å². The summed E-state index contributed by atoms with van der Waals surface area (Å²) < 4.78 is 5.69. The molecule has 4 fully saturated rings. The summed E-state index contributed by atoms with van der Waals surface area (Å²) in [6.07, 6.45) is 7.27. The Morgan fingerprint density at radius 3 is 1.82 bits per heavy atom. The summed E-state index contributed by atoms with van der Waals surface area (Å²) in [5, 5.41) is 1.53. The van der Waals surface area contributed by atoms with Gasteiger partial charge >= 0.3 is 218 Å². The Morgan fingerprint density at radius 2 is 1.38 bits per heavy atom. The predicted molar refractivity (Wildman–Crippen MR) is 142 cm³/mol. The van der Waals surface area contributed by atoms with E-state index in [1.807, 2.05) is 0 Å². The van der Waals surface area contributed by atoms with Gasteiger partial charge in [-0.2, -0.15) is 0 Å². The van der Waals surface area contributed by atoms with Crippen LogP contribution < -0.4 is 8.45 Å². The van der Waals surface area contributed by atoms with Crippen molar-refractivity contribution < 1.29 is 26.0 Å². The molecule has 1 aromatic rings. The van der Waals surface area contributed by atoms with Gasteiger partial charge in [0.1, 0.15) is 0 Å². The third kappa shape index (κ3) is 3.94. The molecule has 183 valence electrons. The van der Waals surface area contributed by atoms with E-state index in [2.05, 4.69) is 88.6 Å². The van der Waals surface area contributed by atoms with Gasteiger partial charge in [-0.3, -0.25) is 0 Å². The molecule has 1 N–H and O–H groups in total. The molecule has 0 aliphatic heterocycles. The molecule has 0 aromatic heterocycles. The molecular weight excluding hydrogens is 510 g/mol. The molecule has 4 bridgehead atoms. The molecule has 2 nitrogen and oxygen atoms in total. The molecule has 0 radical (unpaired) electrons. The van der Waals surface area contributed by atoms with Crippen LogP contribution in [-0.4, -0.2) is 11.8 Å². The van der Waals surface area contributed by atoms with E-state index in [1.54, 1.807) is 3.28 Å². The Labute approximate surface area is 216 Å². The number of hydrogen-bond donors (Lipinski definition) is 1. The molecule has 1 aromatic carbocycles. The third-order valence-corrected chi connectivity index (χ3v) is 28.7. The molecule has 1 amide bonds. The van der Waals surface area contributed by atoms with Crippen molar-refractivity contribution in [1.29, 1.82) is 0 Å². The van der Waals surface area contributed by atoms with Crippen LogP contribution in [0.25, 0.3) is 0 Å². The van der Waals surface area contributed by atoms with Gasteiger partial charge in [0.2, 0.25) is 0 Å². The van der Waals surface area contributed by atoms with Crippen LogP contribution in [0.1, 0.15) is 87.0 Å². The molecule has 4 saturated carbocycles. The normalized spacial score (nSPS) is 39.6. The monoisotopic (exact) mass is 552 g/mol. The Balaban J connectivity index is 1.52. The van der Waals surface area contributed by atoms with Crippen LogP contribution in [0.4, 0.5) is 0 Å². The minimum atomic E-state index is -2.45. The SMILES string of the molecule is CC1=C(C)C(C)[C]([Zr]([NH]C(=O)C23CC4(C)CC(C)(CC(C)(C4)C2)C3)[SiH](C)c2ccccc2)=C1C. The van der Waals surface area contributed by atoms with E-state index >= 15 is 0 Å². The average Bonchev–Trinajstić information content (AvgIpc) is 2.91. The van der Waals surface area contributed by atoms with Gasteiger partial charge < -0.3 is 0 Å². The number of benzene rings is 1. The van der Waals surface area contributed by atoms with Crippen molar-refractivity contribution >= 4 is 17.0 Å².